The molecule has 3 aliphatic carbocycles. The predicted octanol–water partition coefficient (Wildman–Crippen LogP) is 5.04. The van der Waals surface area contributed by atoms with Crippen LogP contribution in [-0.4, -0.2) is 15.8 Å². The van der Waals surface area contributed by atoms with E-state index in [1.54, 1.807) is 0 Å². The smallest absolute Gasteiger partial charge is 0.134 e. The molecule has 0 radical (unpaired) electrons. The van der Waals surface area contributed by atoms with Gasteiger partial charge in [0.2, 0.25) is 0 Å². The molecule has 1 aromatic carbocycles. The molecular weight excluding hydrogens is 308 g/mol. The van der Waals surface area contributed by atoms with Gasteiger partial charge in [-0.05, 0) is 91.4 Å². The maximum atomic E-state index is 11.2. The topological polar surface area (TPSA) is 40.5 Å². The van der Waals surface area contributed by atoms with Crippen molar-refractivity contribution in [1.29, 1.82) is 0 Å². The lowest BCUT2D eigenvalue weighted by molar-refractivity contribution is -0.104. The van der Waals surface area contributed by atoms with Crippen LogP contribution in [0.2, 0.25) is 5.02 Å². The highest BCUT2D eigenvalue weighted by Gasteiger charge is 2.60. The highest BCUT2D eigenvalue weighted by molar-refractivity contribution is 6.32. The molecule has 0 aliphatic heterocycles. The van der Waals surface area contributed by atoms with Gasteiger partial charge in [-0.2, -0.15) is 0 Å². The van der Waals surface area contributed by atoms with Crippen LogP contribution in [0, 0.1) is 17.3 Å². The van der Waals surface area contributed by atoms with Crippen LogP contribution in [0.5, 0.6) is 5.75 Å². The monoisotopic (exact) mass is 334 g/mol. The number of aryl methyl sites for hydroxylation is 1. The normalized spacial score (nSPS) is 42.0. The predicted molar refractivity (Wildman–Crippen MR) is 93.0 cm³/mol. The van der Waals surface area contributed by atoms with Gasteiger partial charge in [0.05, 0.1) is 10.6 Å². The van der Waals surface area contributed by atoms with Crippen molar-refractivity contribution in [3.05, 3.63) is 28.3 Å². The molecule has 0 aromatic heterocycles. The molecule has 0 amide bonds. The summed E-state index contributed by atoms with van der Waals surface area (Å²) in [5.74, 6) is 2.04. The van der Waals surface area contributed by atoms with E-state index in [-0.39, 0.29) is 11.2 Å². The number of rotatable bonds is 1. The number of phenols is 1. The first-order chi connectivity index (χ1) is 10.9. The number of hydrogen-bond donors (Lipinski definition) is 2. The molecule has 2 fully saturated rings. The molecule has 3 aliphatic rings. The zero-order chi connectivity index (χ0) is 16.4. The first-order valence-electron chi connectivity index (χ1n) is 9.13. The Balaban J connectivity index is 1.72. The van der Waals surface area contributed by atoms with Crippen molar-refractivity contribution >= 4 is 11.6 Å². The molecular formula is C20H27ClO2. The first kappa shape index (κ1) is 15.8. The molecule has 0 bridgehead atoms. The molecule has 2 saturated carbocycles. The second kappa shape index (κ2) is 5.13. The van der Waals surface area contributed by atoms with E-state index in [9.17, 15) is 10.2 Å². The highest BCUT2D eigenvalue weighted by Crippen LogP contribution is 2.65. The SMILES string of the molecule is CC[C@]1(O)CCC2C3CCc4cc(O)c(Cl)cc4C3CC[C@@]21C. The maximum Gasteiger partial charge on any atom is 0.134 e. The van der Waals surface area contributed by atoms with E-state index >= 15 is 0 Å². The lowest BCUT2D eigenvalue weighted by Gasteiger charge is -2.53. The van der Waals surface area contributed by atoms with Gasteiger partial charge < -0.3 is 10.2 Å². The third kappa shape index (κ3) is 2.04. The van der Waals surface area contributed by atoms with Gasteiger partial charge >= 0.3 is 0 Å². The largest absolute Gasteiger partial charge is 0.506 e. The summed E-state index contributed by atoms with van der Waals surface area (Å²) < 4.78 is 0. The van der Waals surface area contributed by atoms with Crippen LogP contribution >= 0.6 is 11.6 Å². The van der Waals surface area contributed by atoms with Gasteiger partial charge in [0, 0.05) is 0 Å². The van der Waals surface area contributed by atoms with Crippen LogP contribution in [0.3, 0.4) is 0 Å². The zero-order valence-electron chi connectivity index (χ0n) is 14.1. The standard InChI is InChI=1S/C20H27ClO2/c1-3-20(23)9-7-16-14-5-4-12-10-18(22)17(21)11-15(12)13(14)6-8-19(16,20)2/h10-11,13-14,16,22-23H,3-9H2,1-2H3/t13?,14?,16?,19-,20-/m0/s1. The second-order valence-electron chi connectivity index (χ2n) is 8.30. The number of hydrogen-bond acceptors (Lipinski definition) is 2. The second-order valence-corrected chi connectivity index (χ2v) is 8.71. The average Bonchev–Trinajstić information content (AvgIpc) is 2.81. The molecule has 2 N–H and O–H groups in total. The number of aromatic hydroxyl groups is 1. The zero-order valence-corrected chi connectivity index (χ0v) is 14.9. The van der Waals surface area contributed by atoms with Gasteiger partial charge in [-0.3, -0.25) is 0 Å². The highest BCUT2D eigenvalue weighted by atomic mass is 35.5. The van der Waals surface area contributed by atoms with Gasteiger partial charge in [0.1, 0.15) is 5.75 Å². The van der Waals surface area contributed by atoms with Crippen molar-refractivity contribution in [3.8, 4) is 5.75 Å². The summed E-state index contributed by atoms with van der Waals surface area (Å²) in [6.45, 7) is 4.47. The van der Waals surface area contributed by atoms with Crippen molar-refractivity contribution < 1.29 is 10.2 Å². The maximum absolute atomic E-state index is 11.2. The van der Waals surface area contributed by atoms with Gasteiger partial charge in [-0.25, -0.2) is 0 Å². The molecule has 23 heavy (non-hydrogen) atoms. The fourth-order valence-electron chi connectivity index (χ4n) is 6.27. The third-order valence-electron chi connectivity index (χ3n) is 7.70. The van der Waals surface area contributed by atoms with Crippen LogP contribution in [0.25, 0.3) is 0 Å². The van der Waals surface area contributed by atoms with Crippen molar-refractivity contribution in [1.82, 2.24) is 0 Å². The molecule has 2 nitrogen and oxygen atoms in total. The molecule has 3 heteroatoms. The molecule has 0 spiro atoms. The van der Waals surface area contributed by atoms with Crippen LogP contribution in [0.15, 0.2) is 12.1 Å². The fourth-order valence-corrected chi connectivity index (χ4v) is 6.44. The van der Waals surface area contributed by atoms with Gasteiger partial charge in [-0.15, -0.1) is 0 Å². The number of phenolic OH excluding ortho intramolecular Hbond substituents is 1. The van der Waals surface area contributed by atoms with E-state index in [4.69, 9.17) is 11.6 Å². The van der Waals surface area contributed by atoms with E-state index in [0.29, 0.717) is 22.8 Å². The molecule has 3 unspecified atom stereocenters. The number of halogens is 1. The summed E-state index contributed by atoms with van der Waals surface area (Å²) in [5.41, 5.74) is 2.23. The lowest BCUT2D eigenvalue weighted by atomic mass is 9.53. The van der Waals surface area contributed by atoms with E-state index < -0.39 is 5.60 Å². The Morgan fingerprint density at radius 3 is 2.74 bits per heavy atom. The summed E-state index contributed by atoms with van der Waals surface area (Å²) in [5, 5.41) is 21.5. The van der Waals surface area contributed by atoms with Crippen molar-refractivity contribution in [2.75, 3.05) is 0 Å². The molecule has 0 saturated heterocycles. The molecule has 5 atom stereocenters. The van der Waals surface area contributed by atoms with Gasteiger partial charge in [0.15, 0.2) is 0 Å². The lowest BCUT2D eigenvalue weighted by Crippen LogP contribution is -2.50. The summed E-state index contributed by atoms with van der Waals surface area (Å²) in [7, 11) is 0. The van der Waals surface area contributed by atoms with E-state index in [1.807, 2.05) is 12.1 Å². The number of aliphatic hydroxyl groups is 1. The number of benzene rings is 1. The van der Waals surface area contributed by atoms with Crippen molar-refractivity contribution in [2.45, 2.75) is 70.3 Å². The summed E-state index contributed by atoms with van der Waals surface area (Å²) in [4.78, 5) is 0. The van der Waals surface area contributed by atoms with Crippen molar-refractivity contribution in [3.63, 3.8) is 0 Å². The van der Waals surface area contributed by atoms with Crippen molar-refractivity contribution in [2.24, 2.45) is 17.3 Å². The Labute approximate surface area is 143 Å². The molecule has 4 rings (SSSR count). The Bertz CT molecular complexity index is 643. The van der Waals surface area contributed by atoms with Crippen LogP contribution in [0.4, 0.5) is 0 Å². The van der Waals surface area contributed by atoms with Gasteiger partial charge in [0.25, 0.3) is 0 Å². The Hall–Kier alpha value is -0.730. The Morgan fingerprint density at radius 2 is 2.00 bits per heavy atom. The van der Waals surface area contributed by atoms with E-state index in [1.165, 1.54) is 17.5 Å². The van der Waals surface area contributed by atoms with Crippen LogP contribution in [0.1, 0.15) is 69.4 Å². The first-order valence-corrected chi connectivity index (χ1v) is 9.51. The average molecular weight is 335 g/mol. The van der Waals surface area contributed by atoms with Gasteiger partial charge in [-0.1, -0.05) is 25.4 Å². The minimum absolute atomic E-state index is 0.0706. The Kier molecular flexibility index (Phi) is 3.52. The Morgan fingerprint density at radius 1 is 1.22 bits per heavy atom. The summed E-state index contributed by atoms with van der Waals surface area (Å²) in [6, 6.07) is 3.88. The number of fused-ring (bicyclic) bond motifs is 5. The minimum Gasteiger partial charge on any atom is -0.506 e. The third-order valence-corrected chi connectivity index (χ3v) is 8.00. The quantitative estimate of drug-likeness (QED) is 0.755. The summed E-state index contributed by atoms with van der Waals surface area (Å²) in [6.07, 6.45) is 7.42. The fraction of sp³-hybridized carbons (Fsp3) is 0.700. The van der Waals surface area contributed by atoms with Crippen LogP contribution < -0.4 is 0 Å². The van der Waals surface area contributed by atoms with E-state index in [2.05, 4.69) is 13.8 Å². The molecule has 0 heterocycles. The minimum atomic E-state index is -0.477. The van der Waals surface area contributed by atoms with E-state index in [0.717, 1.165) is 38.5 Å². The summed E-state index contributed by atoms with van der Waals surface area (Å²) >= 11 is 6.19. The molecule has 1 aromatic rings. The molecule has 126 valence electrons. The van der Waals surface area contributed by atoms with Crippen LogP contribution in [-0.2, 0) is 6.42 Å².